The van der Waals surface area contributed by atoms with Gasteiger partial charge in [-0.25, -0.2) is 0 Å². The van der Waals surface area contributed by atoms with E-state index in [4.69, 9.17) is 4.74 Å². The first-order valence-electron chi connectivity index (χ1n) is 4.86. The second-order valence-electron chi connectivity index (χ2n) is 3.32. The van der Waals surface area contributed by atoms with Crippen molar-refractivity contribution in [1.82, 2.24) is 10.6 Å². The van der Waals surface area contributed by atoms with Crippen molar-refractivity contribution in [2.75, 3.05) is 26.7 Å². The molecule has 0 bridgehead atoms. The Labute approximate surface area is 79.0 Å². The summed E-state index contributed by atoms with van der Waals surface area (Å²) in [4.78, 5) is 11.2. The van der Waals surface area contributed by atoms with Crippen molar-refractivity contribution in [1.29, 1.82) is 0 Å². The fourth-order valence-corrected chi connectivity index (χ4v) is 1.46. The van der Waals surface area contributed by atoms with Crippen molar-refractivity contribution in [3.63, 3.8) is 0 Å². The van der Waals surface area contributed by atoms with Crippen LogP contribution in [0.1, 0.15) is 19.3 Å². The molecule has 0 aromatic heterocycles. The van der Waals surface area contributed by atoms with Crippen LogP contribution >= 0.6 is 0 Å². The van der Waals surface area contributed by atoms with E-state index in [1.54, 1.807) is 0 Å². The average Bonchev–Trinajstić information content (AvgIpc) is 2.57. The van der Waals surface area contributed by atoms with E-state index in [1.165, 1.54) is 6.42 Å². The zero-order valence-electron chi connectivity index (χ0n) is 8.14. The molecule has 0 aromatic carbocycles. The molecule has 0 aromatic rings. The standard InChI is InChI=1S/C9H18N2O2/c1-10-5-6-13-9(12)7-8-3-2-4-11-8/h8,10-11H,2-7H2,1H3. The van der Waals surface area contributed by atoms with E-state index in [2.05, 4.69) is 10.6 Å². The predicted molar refractivity (Wildman–Crippen MR) is 50.5 cm³/mol. The van der Waals surface area contributed by atoms with Crippen molar-refractivity contribution in [3.05, 3.63) is 0 Å². The maximum Gasteiger partial charge on any atom is 0.307 e. The molecule has 4 nitrogen and oxygen atoms in total. The minimum absolute atomic E-state index is 0.0883. The molecule has 0 amide bonds. The molecule has 0 radical (unpaired) electrons. The van der Waals surface area contributed by atoms with E-state index < -0.39 is 0 Å². The van der Waals surface area contributed by atoms with Gasteiger partial charge in [-0.1, -0.05) is 0 Å². The van der Waals surface area contributed by atoms with Gasteiger partial charge in [0.25, 0.3) is 0 Å². The van der Waals surface area contributed by atoms with Gasteiger partial charge in [0.1, 0.15) is 6.61 Å². The lowest BCUT2D eigenvalue weighted by molar-refractivity contribution is -0.143. The molecule has 1 fully saturated rings. The number of carbonyl (C=O) groups is 1. The van der Waals surface area contributed by atoms with Gasteiger partial charge in [-0.2, -0.15) is 0 Å². The number of ether oxygens (including phenoxy) is 1. The van der Waals surface area contributed by atoms with E-state index in [9.17, 15) is 4.79 Å². The zero-order valence-corrected chi connectivity index (χ0v) is 8.14. The van der Waals surface area contributed by atoms with E-state index >= 15 is 0 Å². The molecule has 1 aliphatic heterocycles. The summed E-state index contributed by atoms with van der Waals surface area (Å²) in [6, 6.07) is 0.349. The van der Waals surface area contributed by atoms with Crippen molar-refractivity contribution >= 4 is 5.97 Å². The van der Waals surface area contributed by atoms with Gasteiger partial charge < -0.3 is 15.4 Å². The molecule has 1 heterocycles. The highest BCUT2D eigenvalue weighted by Gasteiger charge is 2.17. The Morgan fingerprint density at radius 3 is 3.15 bits per heavy atom. The first-order chi connectivity index (χ1) is 6.33. The molecule has 1 saturated heterocycles. The molecule has 2 N–H and O–H groups in total. The van der Waals surface area contributed by atoms with Crippen LogP contribution in [0.3, 0.4) is 0 Å². The minimum atomic E-state index is -0.0883. The summed E-state index contributed by atoms with van der Waals surface area (Å²) in [5.41, 5.74) is 0. The van der Waals surface area contributed by atoms with Crippen molar-refractivity contribution in [2.45, 2.75) is 25.3 Å². The van der Waals surface area contributed by atoms with Crippen LogP contribution in [-0.2, 0) is 9.53 Å². The number of hydrogen-bond donors (Lipinski definition) is 2. The van der Waals surface area contributed by atoms with E-state index in [0.29, 0.717) is 19.1 Å². The van der Waals surface area contributed by atoms with Gasteiger partial charge in [0, 0.05) is 12.6 Å². The lowest BCUT2D eigenvalue weighted by Gasteiger charge is -2.09. The number of likely N-dealkylation sites (N-methyl/N-ethyl adjacent to an activating group) is 1. The Morgan fingerprint density at radius 1 is 1.69 bits per heavy atom. The molecular weight excluding hydrogens is 168 g/mol. The van der Waals surface area contributed by atoms with Gasteiger partial charge in [-0.3, -0.25) is 4.79 Å². The number of carbonyl (C=O) groups excluding carboxylic acids is 1. The van der Waals surface area contributed by atoms with Gasteiger partial charge >= 0.3 is 5.97 Å². The van der Waals surface area contributed by atoms with Crippen molar-refractivity contribution in [2.24, 2.45) is 0 Å². The molecule has 0 spiro atoms. The molecule has 1 unspecified atom stereocenters. The smallest absolute Gasteiger partial charge is 0.307 e. The van der Waals surface area contributed by atoms with Gasteiger partial charge in [-0.05, 0) is 26.4 Å². The van der Waals surface area contributed by atoms with E-state index in [0.717, 1.165) is 19.5 Å². The van der Waals surface area contributed by atoms with Crippen LogP contribution < -0.4 is 10.6 Å². The predicted octanol–water partition coefficient (Wildman–Crippen LogP) is -0.109. The molecule has 76 valence electrons. The van der Waals surface area contributed by atoms with Crippen LogP contribution in [0.4, 0.5) is 0 Å². The van der Waals surface area contributed by atoms with Crippen LogP contribution in [0.15, 0.2) is 0 Å². The Morgan fingerprint density at radius 2 is 2.54 bits per heavy atom. The Hall–Kier alpha value is -0.610. The topological polar surface area (TPSA) is 50.4 Å². The van der Waals surface area contributed by atoms with E-state index in [-0.39, 0.29) is 5.97 Å². The molecule has 0 aliphatic carbocycles. The highest BCUT2D eigenvalue weighted by molar-refractivity contribution is 5.70. The minimum Gasteiger partial charge on any atom is -0.464 e. The average molecular weight is 186 g/mol. The maximum absolute atomic E-state index is 11.2. The molecule has 1 rings (SSSR count). The Balaban J connectivity index is 2.02. The Bertz CT molecular complexity index is 156. The SMILES string of the molecule is CNCCOC(=O)CC1CCCN1. The van der Waals surface area contributed by atoms with Gasteiger partial charge in [0.2, 0.25) is 0 Å². The van der Waals surface area contributed by atoms with Crippen LogP contribution in [0.5, 0.6) is 0 Å². The summed E-state index contributed by atoms with van der Waals surface area (Å²) in [7, 11) is 1.84. The third-order valence-electron chi connectivity index (χ3n) is 2.19. The highest BCUT2D eigenvalue weighted by Crippen LogP contribution is 2.08. The van der Waals surface area contributed by atoms with Crippen LogP contribution in [0, 0.1) is 0 Å². The lowest BCUT2D eigenvalue weighted by atomic mass is 10.2. The van der Waals surface area contributed by atoms with Gasteiger partial charge in [0.15, 0.2) is 0 Å². The Kier molecular flexibility index (Phi) is 4.78. The zero-order chi connectivity index (χ0) is 9.52. The molecule has 13 heavy (non-hydrogen) atoms. The number of esters is 1. The molecule has 1 atom stereocenters. The summed E-state index contributed by atoms with van der Waals surface area (Å²) in [6.45, 7) is 2.24. The maximum atomic E-state index is 11.2. The number of hydrogen-bond acceptors (Lipinski definition) is 4. The second-order valence-corrected chi connectivity index (χ2v) is 3.32. The second kappa shape index (κ2) is 5.94. The normalized spacial score (nSPS) is 21.8. The molecular formula is C9H18N2O2. The number of rotatable bonds is 5. The first kappa shape index (κ1) is 10.5. The summed E-state index contributed by atoms with van der Waals surface area (Å²) in [6.07, 6.45) is 2.79. The lowest BCUT2D eigenvalue weighted by Crippen LogP contribution is -2.26. The first-order valence-corrected chi connectivity index (χ1v) is 4.86. The summed E-state index contributed by atoms with van der Waals surface area (Å²) in [5.74, 6) is -0.0883. The quantitative estimate of drug-likeness (QED) is 0.465. The highest BCUT2D eigenvalue weighted by atomic mass is 16.5. The van der Waals surface area contributed by atoms with Gasteiger partial charge in [-0.15, -0.1) is 0 Å². The fourth-order valence-electron chi connectivity index (χ4n) is 1.46. The van der Waals surface area contributed by atoms with Crippen molar-refractivity contribution in [3.8, 4) is 0 Å². The molecule has 4 heteroatoms. The van der Waals surface area contributed by atoms with Crippen LogP contribution in [-0.4, -0.2) is 38.8 Å². The fraction of sp³-hybridized carbons (Fsp3) is 0.889. The van der Waals surface area contributed by atoms with E-state index in [1.807, 2.05) is 7.05 Å². The number of nitrogens with one attached hydrogen (secondary N) is 2. The largest absolute Gasteiger partial charge is 0.464 e. The molecule has 0 saturated carbocycles. The van der Waals surface area contributed by atoms with Crippen LogP contribution in [0.25, 0.3) is 0 Å². The third kappa shape index (κ3) is 4.24. The van der Waals surface area contributed by atoms with Crippen molar-refractivity contribution < 1.29 is 9.53 Å². The third-order valence-corrected chi connectivity index (χ3v) is 2.19. The summed E-state index contributed by atoms with van der Waals surface area (Å²) >= 11 is 0. The van der Waals surface area contributed by atoms with Crippen LogP contribution in [0.2, 0.25) is 0 Å². The summed E-state index contributed by atoms with van der Waals surface area (Å²) in [5, 5.41) is 6.19. The molecule has 1 aliphatic rings. The van der Waals surface area contributed by atoms with Gasteiger partial charge in [0.05, 0.1) is 6.42 Å². The summed E-state index contributed by atoms with van der Waals surface area (Å²) < 4.78 is 5.00. The monoisotopic (exact) mass is 186 g/mol.